The molecule has 0 spiro atoms. The molecule has 0 heterocycles. The first-order valence-corrected chi connectivity index (χ1v) is 9.25. The molecule has 0 aromatic carbocycles. The Bertz CT molecular complexity index is 307. The quantitative estimate of drug-likeness (QED) is 0.380. The van der Waals surface area contributed by atoms with Crippen molar-refractivity contribution in [2.45, 2.75) is 84.7 Å². The van der Waals surface area contributed by atoms with Crippen molar-refractivity contribution in [1.82, 2.24) is 10.6 Å². The number of unbranched alkanes of at least 4 members (excludes halogenated alkanes) is 7. The van der Waals surface area contributed by atoms with Gasteiger partial charge in [0.25, 0.3) is 0 Å². The van der Waals surface area contributed by atoms with Crippen molar-refractivity contribution in [2.75, 3.05) is 19.7 Å². The van der Waals surface area contributed by atoms with Crippen molar-refractivity contribution in [3.05, 3.63) is 0 Å². The average molecular weight is 328 g/mol. The minimum atomic E-state index is -0.547. The maximum atomic E-state index is 11.6. The van der Waals surface area contributed by atoms with Crippen LogP contribution in [0.3, 0.4) is 0 Å². The van der Waals surface area contributed by atoms with Gasteiger partial charge in [-0.05, 0) is 26.7 Å². The van der Waals surface area contributed by atoms with Crippen LogP contribution in [0.15, 0.2) is 0 Å². The second-order valence-corrected chi connectivity index (χ2v) is 6.26. The highest BCUT2D eigenvalue weighted by Gasteiger charge is 2.11. The summed E-state index contributed by atoms with van der Waals surface area (Å²) in [7, 11) is 0. The lowest BCUT2D eigenvalue weighted by Gasteiger charge is -2.08. The van der Waals surface area contributed by atoms with E-state index in [4.69, 9.17) is 4.74 Å². The van der Waals surface area contributed by atoms with E-state index in [1.165, 1.54) is 38.5 Å². The van der Waals surface area contributed by atoms with Gasteiger partial charge in [-0.2, -0.15) is 0 Å². The fraction of sp³-hybridized carbons (Fsp3) is 0.889. The molecule has 0 saturated heterocycles. The lowest BCUT2D eigenvalue weighted by atomic mass is 10.1. The number of ether oxygens (including phenoxy) is 1. The molecule has 0 atom stereocenters. The Balaban J connectivity index is 3.39. The highest BCUT2D eigenvalue weighted by molar-refractivity contribution is 6.35. The molecule has 0 aromatic heterocycles. The van der Waals surface area contributed by atoms with Crippen LogP contribution in [0.5, 0.6) is 0 Å². The van der Waals surface area contributed by atoms with Gasteiger partial charge >= 0.3 is 11.8 Å². The second-order valence-electron chi connectivity index (χ2n) is 6.26. The molecule has 0 aliphatic carbocycles. The molecule has 2 N–H and O–H groups in total. The number of hydrogen-bond acceptors (Lipinski definition) is 3. The normalized spacial score (nSPS) is 10.8. The molecule has 0 aliphatic rings. The number of carbonyl (C=O) groups excluding carboxylic acids is 2. The van der Waals surface area contributed by atoms with Gasteiger partial charge in [0, 0.05) is 19.7 Å². The summed E-state index contributed by atoms with van der Waals surface area (Å²) >= 11 is 0. The number of carbonyl (C=O) groups is 2. The third-order valence-electron chi connectivity index (χ3n) is 3.58. The van der Waals surface area contributed by atoms with Gasteiger partial charge in [-0.25, -0.2) is 0 Å². The Kier molecular flexibility index (Phi) is 15.0. The van der Waals surface area contributed by atoms with Crippen molar-refractivity contribution in [3.8, 4) is 0 Å². The summed E-state index contributed by atoms with van der Waals surface area (Å²) in [5, 5.41) is 5.28. The fourth-order valence-corrected chi connectivity index (χ4v) is 2.21. The SMILES string of the molecule is CCCCCCCCCCNC(=O)C(=O)NCCCOC(C)C. The Morgan fingerprint density at radius 1 is 0.783 bits per heavy atom. The highest BCUT2D eigenvalue weighted by atomic mass is 16.5. The molecule has 0 bridgehead atoms. The predicted octanol–water partition coefficient (Wildman–Crippen LogP) is 3.17. The molecule has 2 amide bonds. The number of nitrogens with one attached hydrogen (secondary N) is 2. The first-order chi connectivity index (χ1) is 11.1. The predicted molar refractivity (Wildman–Crippen MR) is 94.3 cm³/mol. The van der Waals surface area contributed by atoms with E-state index in [0.29, 0.717) is 19.7 Å². The van der Waals surface area contributed by atoms with Crippen molar-refractivity contribution >= 4 is 11.8 Å². The summed E-state index contributed by atoms with van der Waals surface area (Å²) in [5.74, 6) is -1.08. The van der Waals surface area contributed by atoms with Gasteiger partial charge < -0.3 is 15.4 Å². The van der Waals surface area contributed by atoms with Crippen LogP contribution in [0.25, 0.3) is 0 Å². The molecule has 0 aliphatic heterocycles. The fourth-order valence-electron chi connectivity index (χ4n) is 2.21. The molecule has 23 heavy (non-hydrogen) atoms. The molecule has 0 unspecified atom stereocenters. The molecule has 136 valence electrons. The third kappa shape index (κ3) is 15.6. The van der Waals surface area contributed by atoms with Crippen LogP contribution in [0.1, 0.15) is 78.6 Å². The number of amides is 2. The third-order valence-corrected chi connectivity index (χ3v) is 3.58. The van der Waals surface area contributed by atoms with Gasteiger partial charge in [0.15, 0.2) is 0 Å². The summed E-state index contributed by atoms with van der Waals surface area (Å²) in [6.07, 6.45) is 10.7. The van der Waals surface area contributed by atoms with Gasteiger partial charge in [0.1, 0.15) is 0 Å². The smallest absolute Gasteiger partial charge is 0.309 e. The molecule has 5 heteroatoms. The molecule has 0 rings (SSSR count). The standard InChI is InChI=1S/C18H36N2O3/c1-4-5-6-7-8-9-10-11-13-19-17(21)18(22)20-14-12-15-23-16(2)3/h16H,4-15H2,1-3H3,(H,19,21)(H,20,22). The zero-order valence-corrected chi connectivity index (χ0v) is 15.3. The molecular formula is C18H36N2O3. The lowest BCUT2D eigenvalue weighted by molar-refractivity contribution is -0.139. The number of rotatable bonds is 14. The van der Waals surface area contributed by atoms with Gasteiger partial charge in [0.2, 0.25) is 0 Å². The van der Waals surface area contributed by atoms with E-state index in [-0.39, 0.29) is 6.10 Å². The van der Waals surface area contributed by atoms with Gasteiger partial charge in [-0.1, -0.05) is 51.9 Å². The summed E-state index contributed by atoms with van der Waals surface area (Å²) in [6, 6.07) is 0. The minimum absolute atomic E-state index is 0.195. The van der Waals surface area contributed by atoms with E-state index < -0.39 is 11.8 Å². The van der Waals surface area contributed by atoms with Crippen LogP contribution < -0.4 is 10.6 Å². The van der Waals surface area contributed by atoms with Crippen LogP contribution in [0, 0.1) is 0 Å². The van der Waals surface area contributed by atoms with E-state index in [9.17, 15) is 9.59 Å². The topological polar surface area (TPSA) is 67.4 Å². The highest BCUT2D eigenvalue weighted by Crippen LogP contribution is 2.07. The zero-order valence-electron chi connectivity index (χ0n) is 15.3. The van der Waals surface area contributed by atoms with Crippen LogP contribution in [-0.4, -0.2) is 37.6 Å². The van der Waals surface area contributed by atoms with Crippen LogP contribution in [0.4, 0.5) is 0 Å². The van der Waals surface area contributed by atoms with Gasteiger partial charge in [0.05, 0.1) is 6.10 Å². The Morgan fingerprint density at radius 2 is 1.26 bits per heavy atom. The van der Waals surface area contributed by atoms with E-state index >= 15 is 0 Å². The van der Waals surface area contributed by atoms with E-state index in [1.54, 1.807) is 0 Å². The van der Waals surface area contributed by atoms with Crippen molar-refractivity contribution in [1.29, 1.82) is 0 Å². The summed E-state index contributed by atoms with van der Waals surface area (Å²) < 4.78 is 5.37. The van der Waals surface area contributed by atoms with Crippen molar-refractivity contribution in [2.24, 2.45) is 0 Å². The summed E-state index contributed by atoms with van der Waals surface area (Å²) in [6.45, 7) is 7.80. The molecular weight excluding hydrogens is 292 g/mol. The first kappa shape index (κ1) is 21.9. The Morgan fingerprint density at radius 3 is 1.78 bits per heavy atom. The molecule has 0 radical (unpaired) electrons. The molecule has 5 nitrogen and oxygen atoms in total. The van der Waals surface area contributed by atoms with Gasteiger partial charge in [-0.3, -0.25) is 9.59 Å². The molecule has 0 saturated carbocycles. The van der Waals surface area contributed by atoms with E-state index in [2.05, 4.69) is 17.6 Å². The summed E-state index contributed by atoms with van der Waals surface area (Å²) in [4.78, 5) is 23.1. The van der Waals surface area contributed by atoms with Gasteiger partial charge in [-0.15, -0.1) is 0 Å². The Hall–Kier alpha value is -1.10. The van der Waals surface area contributed by atoms with Crippen LogP contribution in [-0.2, 0) is 14.3 Å². The van der Waals surface area contributed by atoms with E-state index in [1.807, 2.05) is 13.8 Å². The second kappa shape index (κ2) is 15.8. The monoisotopic (exact) mass is 328 g/mol. The largest absolute Gasteiger partial charge is 0.379 e. The maximum absolute atomic E-state index is 11.6. The maximum Gasteiger partial charge on any atom is 0.309 e. The van der Waals surface area contributed by atoms with Crippen molar-refractivity contribution < 1.29 is 14.3 Å². The molecule has 0 fully saturated rings. The molecule has 0 aromatic rings. The minimum Gasteiger partial charge on any atom is -0.379 e. The lowest BCUT2D eigenvalue weighted by Crippen LogP contribution is -2.40. The first-order valence-electron chi connectivity index (χ1n) is 9.25. The van der Waals surface area contributed by atoms with Crippen LogP contribution in [0.2, 0.25) is 0 Å². The summed E-state index contributed by atoms with van der Waals surface area (Å²) in [5.41, 5.74) is 0. The van der Waals surface area contributed by atoms with E-state index in [0.717, 1.165) is 19.3 Å². The van der Waals surface area contributed by atoms with Crippen molar-refractivity contribution in [3.63, 3.8) is 0 Å². The average Bonchev–Trinajstić information content (AvgIpc) is 2.52. The van der Waals surface area contributed by atoms with Crippen LogP contribution >= 0.6 is 0 Å². The Labute approximate surface area is 141 Å². The number of hydrogen-bond donors (Lipinski definition) is 2. The zero-order chi connectivity index (χ0) is 17.3.